The molecule has 396 valence electrons. The lowest BCUT2D eigenvalue weighted by Crippen LogP contribution is -2.60. The number of aliphatic hydroxyl groups excluding tert-OH is 3. The van der Waals surface area contributed by atoms with Gasteiger partial charge >= 0.3 is 5.97 Å². The molecular weight excluding hydrogens is 845 g/mol. The maximum atomic E-state index is 12.7. The molecule has 4 aliphatic carbocycles. The Labute approximate surface area is 419 Å². The van der Waals surface area contributed by atoms with Gasteiger partial charge in [0.05, 0.1) is 6.10 Å². The molecule has 5 rings (SSSR count). The van der Waals surface area contributed by atoms with Crippen LogP contribution in [0, 0.1) is 52.3 Å². The summed E-state index contributed by atoms with van der Waals surface area (Å²) in [5.41, 5.74) is 2.13. The van der Waals surface area contributed by atoms with Gasteiger partial charge < -0.3 is 29.5 Å². The molecule has 5 aliphatic rings. The number of carbonyl (C=O) groups is 1. The number of hydrogen-bond acceptors (Lipinski definition) is 7. The summed E-state index contributed by atoms with van der Waals surface area (Å²) in [6.07, 6.45) is 40.7. The number of ether oxygens (including phenoxy) is 3. The number of esters is 1. The summed E-state index contributed by atoms with van der Waals surface area (Å²) in [5, 5.41) is 32.7. The SMILES string of the molecule is CCCCCCCCCCCCCCCCCCCCCCCCCC(=O)OCC1OC(OC2CCC3(C)C(=CCC4C3CCC3(C)C(C(C)CCC(CC)C(C)C)CCC43)C2)C(O)C(O)C1O. The van der Waals surface area contributed by atoms with Crippen LogP contribution >= 0.6 is 0 Å². The molecule has 14 atom stereocenters. The second-order valence-electron chi connectivity index (χ2n) is 24.7. The van der Waals surface area contributed by atoms with Gasteiger partial charge in [0.2, 0.25) is 0 Å². The van der Waals surface area contributed by atoms with Crippen LogP contribution in [0.1, 0.15) is 273 Å². The van der Waals surface area contributed by atoms with Crippen molar-refractivity contribution in [3.63, 3.8) is 0 Å². The number of carbonyl (C=O) groups excluding carboxylic acids is 1. The lowest BCUT2D eigenvalue weighted by atomic mass is 9.47. The van der Waals surface area contributed by atoms with Crippen LogP contribution in [0.3, 0.4) is 0 Å². The Morgan fingerprint density at radius 1 is 0.676 bits per heavy atom. The zero-order valence-electron chi connectivity index (χ0n) is 45.5. The van der Waals surface area contributed by atoms with E-state index in [4.69, 9.17) is 14.2 Å². The van der Waals surface area contributed by atoms with Gasteiger partial charge in [0.1, 0.15) is 31.0 Å². The van der Waals surface area contributed by atoms with Crippen LogP contribution in [-0.2, 0) is 19.0 Å². The van der Waals surface area contributed by atoms with Gasteiger partial charge in [-0.2, -0.15) is 0 Å². The molecule has 1 saturated heterocycles. The number of fused-ring (bicyclic) bond motifs is 5. The molecule has 14 unspecified atom stereocenters. The van der Waals surface area contributed by atoms with Crippen molar-refractivity contribution in [2.45, 2.75) is 310 Å². The zero-order valence-corrected chi connectivity index (χ0v) is 45.5. The maximum absolute atomic E-state index is 12.7. The molecule has 0 aromatic rings. The van der Waals surface area contributed by atoms with Crippen LogP contribution in [0.5, 0.6) is 0 Å². The lowest BCUT2D eigenvalue weighted by molar-refractivity contribution is -0.313. The fourth-order valence-electron chi connectivity index (χ4n) is 15.1. The van der Waals surface area contributed by atoms with Crippen molar-refractivity contribution in [1.82, 2.24) is 0 Å². The summed E-state index contributed by atoms with van der Waals surface area (Å²) in [6, 6.07) is 0. The largest absolute Gasteiger partial charge is 0.463 e. The molecule has 7 heteroatoms. The van der Waals surface area contributed by atoms with Crippen LogP contribution in [0.25, 0.3) is 0 Å². The van der Waals surface area contributed by atoms with E-state index in [1.165, 1.54) is 179 Å². The second-order valence-corrected chi connectivity index (χ2v) is 24.7. The van der Waals surface area contributed by atoms with E-state index in [1.54, 1.807) is 0 Å². The molecule has 1 heterocycles. The average molecular weight is 956 g/mol. The highest BCUT2D eigenvalue weighted by molar-refractivity contribution is 5.69. The van der Waals surface area contributed by atoms with E-state index in [9.17, 15) is 20.1 Å². The van der Waals surface area contributed by atoms with E-state index in [2.05, 4.69) is 54.5 Å². The Hall–Kier alpha value is -0.990. The van der Waals surface area contributed by atoms with Crippen LogP contribution in [0.15, 0.2) is 11.6 Å². The lowest BCUT2D eigenvalue weighted by Gasteiger charge is -2.58. The molecular formula is C61H110O7. The Morgan fingerprint density at radius 2 is 1.24 bits per heavy atom. The number of aliphatic hydroxyl groups is 3. The summed E-state index contributed by atoms with van der Waals surface area (Å²) < 4.78 is 18.1. The van der Waals surface area contributed by atoms with Crippen LogP contribution in [0.4, 0.5) is 0 Å². The van der Waals surface area contributed by atoms with E-state index in [0.29, 0.717) is 17.8 Å². The van der Waals surface area contributed by atoms with E-state index in [-0.39, 0.29) is 24.1 Å². The van der Waals surface area contributed by atoms with Gasteiger partial charge in [-0.1, -0.05) is 214 Å². The Balaban J connectivity index is 0.912. The molecule has 1 aliphatic heterocycles. The third-order valence-electron chi connectivity index (χ3n) is 19.7. The number of rotatable bonds is 34. The summed E-state index contributed by atoms with van der Waals surface area (Å²) in [7, 11) is 0. The molecule has 3 saturated carbocycles. The molecule has 7 nitrogen and oxygen atoms in total. The minimum atomic E-state index is -1.44. The Bertz CT molecular complexity index is 1410. The Morgan fingerprint density at radius 3 is 1.78 bits per heavy atom. The zero-order chi connectivity index (χ0) is 48.9. The van der Waals surface area contributed by atoms with Crippen molar-refractivity contribution >= 4 is 5.97 Å². The first-order chi connectivity index (χ1) is 32.8. The fourth-order valence-corrected chi connectivity index (χ4v) is 15.1. The minimum Gasteiger partial charge on any atom is -0.463 e. The number of hydrogen-bond donors (Lipinski definition) is 3. The smallest absolute Gasteiger partial charge is 0.305 e. The second kappa shape index (κ2) is 30.3. The van der Waals surface area contributed by atoms with Crippen molar-refractivity contribution in [3.8, 4) is 0 Å². The molecule has 0 radical (unpaired) electrons. The summed E-state index contributed by atoms with van der Waals surface area (Å²) in [4.78, 5) is 12.7. The first-order valence-corrected chi connectivity index (χ1v) is 30.0. The number of allylic oxidation sites excluding steroid dienone is 1. The fraction of sp³-hybridized carbons (Fsp3) is 0.951. The van der Waals surface area contributed by atoms with Gasteiger partial charge in [-0.25, -0.2) is 0 Å². The van der Waals surface area contributed by atoms with Gasteiger partial charge in [0.15, 0.2) is 6.29 Å². The van der Waals surface area contributed by atoms with Crippen LogP contribution in [0.2, 0.25) is 0 Å². The highest BCUT2D eigenvalue weighted by atomic mass is 16.7. The van der Waals surface area contributed by atoms with Gasteiger partial charge in [0.25, 0.3) is 0 Å². The van der Waals surface area contributed by atoms with Crippen molar-refractivity contribution in [2.75, 3.05) is 6.61 Å². The van der Waals surface area contributed by atoms with Crippen molar-refractivity contribution in [2.24, 2.45) is 52.3 Å². The third-order valence-corrected chi connectivity index (χ3v) is 19.7. The molecule has 0 bridgehead atoms. The third kappa shape index (κ3) is 16.8. The first kappa shape index (κ1) is 57.9. The summed E-state index contributed by atoms with van der Waals surface area (Å²) >= 11 is 0. The van der Waals surface area contributed by atoms with Gasteiger partial charge in [-0.15, -0.1) is 0 Å². The van der Waals surface area contributed by atoms with Gasteiger partial charge in [0, 0.05) is 6.42 Å². The molecule has 68 heavy (non-hydrogen) atoms. The highest BCUT2D eigenvalue weighted by Gasteiger charge is 2.59. The predicted octanol–water partition coefficient (Wildman–Crippen LogP) is 15.8. The highest BCUT2D eigenvalue weighted by Crippen LogP contribution is 2.67. The molecule has 0 amide bonds. The molecule has 3 N–H and O–H groups in total. The molecule has 4 fully saturated rings. The van der Waals surface area contributed by atoms with Crippen LogP contribution in [-0.4, -0.2) is 64.7 Å². The van der Waals surface area contributed by atoms with Gasteiger partial charge in [-0.3, -0.25) is 4.79 Å². The molecule has 0 spiro atoms. The van der Waals surface area contributed by atoms with E-state index >= 15 is 0 Å². The summed E-state index contributed by atoms with van der Waals surface area (Å²) in [5.74, 6) is 5.23. The molecule has 0 aromatic heterocycles. The normalized spacial score (nSPS) is 33.4. The van der Waals surface area contributed by atoms with Gasteiger partial charge in [-0.05, 0) is 116 Å². The van der Waals surface area contributed by atoms with E-state index in [0.717, 1.165) is 80.5 Å². The van der Waals surface area contributed by atoms with Crippen molar-refractivity contribution in [1.29, 1.82) is 0 Å². The first-order valence-electron chi connectivity index (χ1n) is 30.0. The topological polar surface area (TPSA) is 105 Å². The van der Waals surface area contributed by atoms with E-state index in [1.807, 2.05) is 0 Å². The predicted molar refractivity (Wildman–Crippen MR) is 281 cm³/mol. The minimum absolute atomic E-state index is 0.140. The van der Waals surface area contributed by atoms with Crippen LogP contribution < -0.4 is 0 Å². The maximum Gasteiger partial charge on any atom is 0.305 e. The van der Waals surface area contributed by atoms with Crippen molar-refractivity contribution in [3.05, 3.63) is 11.6 Å². The monoisotopic (exact) mass is 955 g/mol. The summed E-state index contributed by atoms with van der Waals surface area (Å²) in [6.45, 7) is 17.1. The standard InChI is InChI=1S/C61H110O7/c1-8-10-11-12-13-14-15-16-17-18-19-20-21-22-23-24-25-26-27-28-29-30-31-32-55(62)66-44-54-56(63)57(64)58(65)59(68-54)67-49-39-41-60(6)48(43-49)35-36-50-52-38-37-51(61(52,7)42-40-53(50)60)46(5)33-34-47(9-2)45(3)4/h35,45-47,49-54,56-59,63-65H,8-34,36-44H2,1-7H3. The quantitative estimate of drug-likeness (QED) is 0.0335. The average Bonchev–Trinajstić information content (AvgIpc) is 3.69. The van der Waals surface area contributed by atoms with E-state index < -0.39 is 30.7 Å². The van der Waals surface area contributed by atoms with Crippen molar-refractivity contribution < 1.29 is 34.3 Å². The Kier molecular flexibility index (Phi) is 25.8. The molecule has 0 aromatic carbocycles. The number of unbranched alkanes of at least 4 members (excludes halogenated alkanes) is 22.